The van der Waals surface area contributed by atoms with E-state index in [0.29, 0.717) is 18.3 Å². The van der Waals surface area contributed by atoms with Crippen LogP contribution in [0.15, 0.2) is 54.6 Å². The highest BCUT2D eigenvalue weighted by Crippen LogP contribution is 2.49. The summed E-state index contributed by atoms with van der Waals surface area (Å²) in [6, 6.07) is 17.5. The molecule has 0 heterocycles. The normalized spacial score (nSPS) is 23.2. The van der Waals surface area contributed by atoms with E-state index in [1.54, 1.807) is 0 Å². The zero-order valence-electron chi connectivity index (χ0n) is 15.4. The first kappa shape index (κ1) is 17.8. The summed E-state index contributed by atoms with van der Waals surface area (Å²) in [5, 5.41) is 2.87. The van der Waals surface area contributed by atoms with Crippen molar-refractivity contribution in [1.82, 2.24) is 0 Å². The largest absolute Gasteiger partial charge is 0.456 e. The van der Waals surface area contributed by atoms with E-state index < -0.39 is 0 Å². The first-order chi connectivity index (χ1) is 13.2. The van der Waals surface area contributed by atoms with E-state index in [0.717, 1.165) is 29.2 Å². The molecule has 2 aliphatic carbocycles. The molecule has 0 saturated heterocycles. The fourth-order valence-corrected chi connectivity index (χ4v) is 4.69. The van der Waals surface area contributed by atoms with Crippen LogP contribution in [-0.2, 0) is 14.3 Å². The van der Waals surface area contributed by atoms with Gasteiger partial charge in [0.2, 0.25) is 0 Å². The van der Waals surface area contributed by atoms with Crippen molar-refractivity contribution in [3.05, 3.63) is 54.6 Å². The first-order valence-corrected chi connectivity index (χ1v) is 9.79. The minimum absolute atomic E-state index is 0.233. The fourth-order valence-electron chi connectivity index (χ4n) is 4.69. The highest BCUT2D eigenvalue weighted by molar-refractivity contribution is 5.96. The number of carbonyl (C=O) groups excluding carboxylic acids is 2. The second-order valence-electron chi connectivity index (χ2n) is 7.76. The minimum Gasteiger partial charge on any atom is -0.456 e. The molecule has 4 heteroatoms. The summed E-state index contributed by atoms with van der Waals surface area (Å²) < 4.78 is 5.24. The quantitative estimate of drug-likeness (QED) is 0.759. The molecule has 2 aliphatic rings. The maximum absolute atomic E-state index is 12.3. The van der Waals surface area contributed by atoms with E-state index in [1.807, 2.05) is 54.6 Å². The third-order valence-electron chi connectivity index (χ3n) is 5.96. The van der Waals surface area contributed by atoms with Crippen LogP contribution in [0.4, 0.5) is 5.69 Å². The molecular formula is C23H25NO3. The van der Waals surface area contributed by atoms with Gasteiger partial charge in [0.25, 0.3) is 5.91 Å². The monoisotopic (exact) mass is 363 g/mol. The molecule has 0 aliphatic heterocycles. The highest BCUT2D eigenvalue weighted by Gasteiger charge is 2.40. The molecule has 0 spiro atoms. The van der Waals surface area contributed by atoms with Crippen LogP contribution in [0.2, 0.25) is 0 Å². The Bertz CT molecular complexity index is 817. The van der Waals surface area contributed by atoms with Gasteiger partial charge in [-0.1, -0.05) is 55.0 Å². The maximum Gasteiger partial charge on any atom is 0.306 e. The molecule has 0 unspecified atom stereocenters. The van der Waals surface area contributed by atoms with Crippen LogP contribution in [0, 0.1) is 17.8 Å². The standard InChI is InChI=1S/C23H25NO3/c25-22(15-27-23(26)14-19-13-16-10-11-18(19)12-16)24-21-9-5-4-8-20(21)17-6-2-1-3-7-17/h1-9,16,18-19H,10-15H2,(H,24,25)/t16-,18-,19-/m1/s1. The van der Waals surface area contributed by atoms with Crippen LogP contribution in [0.5, 0.6) is 0 Å². The highest BCUT2D eigenvalue weighted by atomic mass is 16.5. The lowest BCUT2D eigenvalue weighted by Crippen LogP contribution is -2.23. The lowest BCUT2D eigenvalue weighted by atomic mass is 9.86. The van der Waals surface area contributed by atoms with Crippen molar-refractivity contribution < 1.29 is 14.3 Å². The van der Waals surface area contributed by atoms with Crippen molar-refractivity contribution in [3.8, 4) is 11.1 Å². The number of hydrogen-bond acceptors (Lipinski definition) is 3. The van der Waals surface area contributed by atoms with Crippen LogP contribution in [0.25, 0.3) is 11.1 Å². The van der Waals surface area contributed by atoms with Crippen molar-refractivity contribution in [1.29, 1.82) is 0 Å². The molecule has 27 heavy (non-hydrogen) atoms. The van der Waals surface area contributed by atoms with Gasteiger partial charge in [0.15, 0.2) is 6.61 Å². The molecule has 2 fully saturated rings. The van der Waals surface area contributed by atoms with Gasteiger partial charge in [0, 0.05) is 17.7 Å². The number of ether oxygens (including phenoxy) is 1. The number of amides is 1. The van der Waals surface area contributed by atoms with E-state index >= 15 is 0 Å². The van der Waals surface area contributed by atoms with Crippen molar-refractivity contribution in [2.45, 2.75) is 32.1 Å². The summed E-state index contributed by atoms with van der Waals surface area (Å²) in [5.74, 6) is 1.40. The second kappa shape index (κ2) is 7.95. The first-order valence-electron chi connectivity index (χ1n) is 9.79. The van der Waals surface area contributed by atoms with Gasteiger partial charge >= 0.3 is 5.97 Å². The molecule has 2 aromatic carbocycles. The smallest absolute Gasteiger partial charge is 0.306 e. The number of rotatable bonds is 6. The zero-order chi connectivity index (χ0) is 18.6. The molecule has 1 N–H and O–H groups in total. The molecule has 2 aromatic rings. The number of nitrogens with one attached hydrogen (secondary N) is 1. The van der Waals surface area contributed by atoms with Gasteiger partial charge in [0.05, 0.1) is 0 Å². The lowest BCUT2D eigenvalue weighted by Gasteiger charge is -2.20. The van der Waals surface area contributed by atoms with Crippen molar-refractivity contribution in [2.75, 3.05) is 11.9 Å². The van der Waals surface area contributed by atoms with Crippen molar-refractivity contribution in [2.24, 2.45) is 17.8 Å². The van der Waals surface area contributed by atoms with E-state index in [9.17, 15) is 9.59 Å². The third-order valence-corrected chi connectivity index (χ3v) is 5.96. The molecule has 2 saturated carbocycles. The number of para-hydroxylation sites is 1. The Hall–Kier alpha value is -2.62. The number of hydrogen-bond donors (Lipinski definition) is 1. The Balaban J connectivity index is 1.30. The van der Waals surface area contributed by atoms with Crippen LogP contribution < -0.4 is 5.32 Å². The van der Waals surface area contributed by atoms with Gasteiger partial charge < -0.3 is 10.1 Å². The lowest BCUT2D eigenvalue weighted by molar-refractivity contribution is -0.148. The van der Waals surface area contributed by atoms with Crippen LogP contribution in [0.3, 0.4) is 0 Å². The van der Waals surface area contributed by atoms with Gasteiger partial charge in [-0.05, 0) is 48.6 Å². The number of carbonyl (C=O) groups is 2. The van der Waals surface area contributed by atoms with Crippen molar-refractivity contribution >= 4 is 17.6 Å². The molecule has 2 bridgehead atoms. The van der Waals surface area contributed by atoms with Crippen LogP contribution >= 0.6 is 0 Å². The Morgan fingerprint density at radius 1 is 0.963 bits per heavy atom. The van der Waals surface area contributed by atoms with E-state index in [4.69, 9.17) is 4.74 Å². The summed E-state index contributed by atoms with van der Waals surface area (Å²) in [6.45, 7) is -0.233. The van der Waals surface area contributed by atoms with E-state index in [2.05, 4.69) is 5.32 Å². The molecule has 0 radical (unpaired) electrons. The summed E-state index contributed by atoms with van der Waals surface area (Å²) in [6.07, 6.45) is 5.44. The summed E-state index contributed by atoms with van der Waals surface area (Å²) in [4.78, 5) is 24.4. The third kappa shape index (κ3) is 4.21. The van der Waals surface area contributed by atoms with E-state index in [-0.39, 0.29) is 18.5 Å². The molecule has 0 aromatic heterocycles. The van der Waals surface area contributed by atoms with Gasteiger partial charge in [-0.2, -0.15) is 0 Å². The summed E-state index contributed by atoms with van der Waals surface area (Å²) in [7, 11) is 0. The molecule has 140 valence electrons. The number of anilines is 1. The maximum atomic E-state index is 12.3. The average Bonchev–Trinajstić information content (AvgIpc) is 3.31. The fraction of sp³-hybridized carbons (Fsp3) is 0.391. The molecule has 3 atom stereocenters. The Labute approximate surface area is 159 Å². The summed E-state index contributed by atoms with van der Waals surface area (Å²) >= 11 is 0. The Kier molecular flexibility index (Phi) is 5.23. The summed E-state index contributed by atoms with van der Waals surface area (Å²) in [5.41, 5.74) is 2.69. The number of fused-ring (bicyclic) bond motifs is 2. The van der Waals surface area contributed by atoms with E-state index in [1.165, 1.54) is 19.3 Å². The molecule has 4 nitrogen and oxygen atoms in total. The van der Waals surface area contributed by atoms with Crippen molar-refractivity contribution in [3.63, 3.8) is 0 Å². The Morgan fingerprint density at radius 3 is 2.48 bits per heavy atom. The van der Waals surface area contributed by atoms with Gasteiger partial charge in [0.1, 0.15) is 0 Å². The van der Waals surface area contributed by atoms with Gasteiger partial charge in [-0.3, -0.25) is 9.59 Å². The second-order valence-corrected chi connectivity index (χ2v) is 7.76. The van der Waals surface area contributed by atoms with Gasteiger partial charge in [-0.25, -0.2) is 0 Å². The average molecular weight is 363 g/mol. The number of esters is 1. The molecule has 1 amide bonds. The molecular weight excluding hydrogens is 338 g/mol. The Morgan fingerprint density at radius 2 is 1.74 bits per heavy atom. The molecule has 4 rings (SSSR count). The topological polar surface area (TPSA) is 55.4 Å². The predicted octanol–water partition coefficient (Wildman–Crippen LogP) is 4.66. The van der Waals surface area contributed by atoms with Gasteiger partial charge in [-0.15, -0.1) is 0 Å². The predicted molar refractivity (Wildman–Crippen MR) is 105 cm³/mol. The SMILES string of the molecule is O=C(COC(=O)C[C@H]1C[C@@H]2CC[C@@H]1C2)Nc1ccccc1-c1ccccc1. The van der Waals surface area contributed by atoms with Crippen LogP contribution in [0.1, 0.15) is 32.1 Å². The van der Waals surface area contributed by atoms with Crippen LogP contribution in [-0.4, -0.2) is 18.5 Å². The minimum atomic E-state index is -0.306. The number of benzene rings is 2. The zero-order valence-corrected chi connectivity index (χ0v) is 15.4.